The zero-order valence-corrected chi connectivity index (χ0v) is 7.76. The molecule has 0 unspecified atom stereocenters. The van der Waals surface area contributed by atoms with Crippen molar-refractivity contribution in [2.75, 3.05) is 6.54 Å². The van der Waals surface area contributed by atoms with Crippen LogP contribution in [0.2, 0.25) is 0 Å². The van der Waals surface area contributed by atoms with Crippen LogP contribution in [-0.2, 0) is 0 Å². The molecule has 0 atom stereocenters. The molecule has 0 bridgehead atoms. The largest absolute Gasteiger partial charge is 0.384 e. The Morgan fingerprint density at radius 1 is 1.55 bits per heavy atom. The fourth-order valence-corrected chi connectivity index (χ4v) is 0.778. The topological polar surface area (TPSA) is 32.6 Å². The highest BCUT2D eigenvalue weighted by atomic mass is 16.3. The molecule has 0 amide bonds. The van der Waals surface area contributed by atoms with Crippen LogP contribution in [0.1, 0.15) is 27.7 Å². The summed E-state index contributed by atoms with van der Waals surface area (Å²) in [6.45, 7) is 8.05. The Hall–Kier alpha value is -0.630. The standard InChI is InChI=1S/C9H17NO/c1-5-7-8(10-6-2)9(3,4)11/h5,7,11H,6H2,1-4H3/b7-5+,10-8+. The minimum absolute atomic E-state index is 0.712. The molecule has 0 radical (unpaired) electrons. The Balaban J connectivity index is 4.48. The number of nitrogens with zero attached hydrogens (tertiary/aromatic N) is 1. The maximum Gasteiger partial charge on any atom is 0.100 e. The van der Waals surface area contributed by atoms with Crippen molar-refractivity contribution in [2.45, 2.75) is 33.3 Å². The number of hydrogen-bond acceptors (Lipinski definition) is 2. The summed E-state index contributed by atoms with van der Waals surface area (Å²) in [7, 11) is 0. The highest BCUT2D eigenvalue weighted by Gasteiger charge is 2.17. The van der Waals surface area contributed by atoms with Gasteiger partial charge >= 0.3 is 0 Å². The van der Waals surface area contributed by atoms with Gasteiger partial charge < -0.3 is 5.11 Å². The zero-order chi connectivity index (χ0) is 8.91. The average Bonchev–Trinajstić information content (AvgIpc) is 1.85. The summed E-state index contributed by atoms with van der Waals surface area (Å²) < 4.78 is 0. The van der Waals surface area contributed by atoms with E-state index in [0.717, 1.165) is 5.71 Å². The van der Waals surface area contributed by atoms with Gasteiger partial charge in [0.05, 0.1) is 5.71 Å². The van der Waals surface area contributed by atoms with E-state index in [1.807, 2.05) is 26.0 Å². The van der Waals surface area contributed by atoms with Gasteiger partial charge in [-0.15, -0.1) is 0 Å². The Kier molecular flexibility index (Phi) is 4.04. The Morgan fingerprint density at radius 2 is 2.09 bits per heavy atom. The SMILES string of the molecule is C/C=C/C(=N\CC)C(C)(C)O. The molecule has 0 aromatic carbocycles. The van der Waals surface area contributed by atoms with E-state index in [-0.39, 0.29) is 0 Å². The number of allylic oxidation sites excluding steroid dienone is 1. The van der Waals surface area contributed by atoms with Crippen molar-refractivity contribution in [3.8, 4) is 0 Å². The fraction of sp³-hybridized carbons (Fsp3) is 0.667. The van der Waals surface area contributed by atoms with Crippen LogP contribution in [0.25, 0.3) is 0 Å². The lowest BCUT2D eigenvalue weighted by atomic mass is 10.0. The van der Waals surface area contributed by atoms with Crippen molar-refractivity contribution in [1.82, 2.24) is 0 Å². The number of aliphatic imine (C=N–C) groups is 1. The molecule has 0 spiro atoms. The molecule has 0 heterocycles. The third-order valence-electron chi connectivity index (χ3n) is 1.28. The molecule has 0 aromatic heterocycles. The van der Waals surface area contributed by atoms with Crippen molar-refractivity contribution in [3.05, 3.63) is 12.2 Å². The molecule has 0 rings (SSSR count). The first kappa shape index (κ1) is 10.4. The minimum atomic E-state index is -0.817. The van der Waals surface area contributed by atoms with Gasteiger partial charge in [-0.1, -0.05) is 6.08 Å². The molecule has 64 valence electrons. The quantitative estimate of drug-likeness (QED) is 0.619. The molecule has 0 saturated heterocycles. The van der Waals surface area contributed by atoms with Gasteiger partial charge in [0.2, 0.25) is 0 Å². The molecule has 0 aliphatic heterocycles. The van der Waals surface area contributed by atoms with E-state index < -0.39 is 5.60 Å². The van der Waals surface area contributed by atoms with E-state index in [4.69, 9.17) is 0 Å². The van der Waals surface area contributed by atoms with E-state index in [9.17, 15) is 5.11 Å². The Labute approximate surface area is 68.7 Å². The van der Waals surface area contributed by atoms with E-state index in [1.165, 1.54) is 0 Å². The molecule has 2 heteroatoms. The van der Waals surface area contributed by atoms with Gasteiger partial charge in [0.25, 0.3) is 0 Å². The van der Waals surface area contributed by atoms with Crippen LogP contribution >= 0.6 is 0 Å². The lowest BCUT2D eigenvalue weighted by Gasteiger charge is -2.17. The monoisotopic (exact) mass is 155 g/mol. The number of aliphatic hydroxyl groups is 1. The minimum Gasteiger partial charge on any atom is -0.384 e. The van der Waals surface area contributed by atoms with Crippen molar-refractivity contribution in [3.63, 3.8) is 0 Å². The molecule has 0 saturated carbocycles. The van der Waals surface area contributed by atoms with Crippen molar-refractivity contribution < 1.29 is 5.11 Å². The first-order chi connectivity index (χ1) is 5.02. The highest BCUT2D eigenvalue weighted by molar-refractivity contribution is 6.00. The third kappa shape index (κ3) is 3.94. The summed E-state index contributed by atoms with van der Waals surface area (Å²) in [4.78, 5) is 4.16. The van der Waals surface area contributed by atoms with Gasteiger partial charge in [-0.25, -0.2) is 0 Å². The van der Waals surface area contributed by atoms with Crippen LogP contribution in [0.3, 0.4) is 0 Å². The molecule has 2 nitrogen and oxygen atoms in total. The molecule has 11 heavy (non-hydrogen) atoms. The molecule has 0 aliphatic rings. The van der Waals surface area contributed by atoms with Crippen LogP contribution in [-0.4, -0.2) is 23.0 Å². The van der Waals surface area contributed by atoms with Crippen LogP contribution in [0.15, 0.2) is 17.1 Å². The van der Waals surface area contributed by atoms with Gasteiger partial charge in [0.15, 0.2) is 0 Å². The zero-order valence-electron chi connectivity index (χ0n) is 7.76. The van der Waals surface area contributed by atoms with Crippen LogP contribution in [0.5, 0.6) is 0 Å². The Bertz CT molecular complexity index is 163. The van der Waals surface area contributed by atoms with Gasteiger partial charge in [-0.05, 0) is 33.8 Å². The van der Waals surface area contributed by atoms with Crippen molar-refractivity contribution >= 4 is 5.71 Å². The van der Waals surface area contributed by atoms with Crippen molar-refractivity contribution in [1.29, 1.82) is 0 Å². The molecular formula is C9H17NO. The molecule has 0 fully saturated rings. The van der Waals surface area contributed by atoms with Gasteiger partial charge in [0.1, 0.15) is 5.60 Å². The summed E-state index contributed by atoms with van der Waals surface area (Å²) in [6, 6.07) is 0. The maximum atomic E-state index is 9.56. The van der Waals surface area contributed by atoms with Crippen LogP contribution in [0, 0.1) is 0 Å². The summed E-state index contributed by atoms with van der Waals surface area (Å²) in [5.74, 6) is 0. The number of hydrogen-bond donors (Lipinski definition) is 1. The third-order valence-corrected chi connectivity index (χ3v) is 1.28. The highest BCUT2D eigenvalue weighted by Crippen LogP contribution is 2.05. The average molecular weight is 155 g/mol. The first-order valence-corrected chi connectivity index (χ1v) is 3.92. The smallest absolute Gasteiger partial charge is 0.100 e. The lowest BCUT2D eigenvalue weighted by Crippen LogP contribution is -2.29. The van der Waals surface area contributed by atoms with Crippen molar-refractivity contribution in [2.24, 2.45) is 4.99 Å². The van der Waals surface area contributed by atoms with E-state index in [2.05, 4.69) is 4.99 Å². The second kappa shape index (κ2) is 4.29. The normalized spacial score (nSPS) is 14.5. The summed E-state index contributed by atoms with van der Waals surface area (Å²) in [5, 5.41) is 9.56. The van der Waals surface area contributed by atoms with Gasteiger partial charge in [-0.3, -0.25) is 4.99 Å². The van der Waals surface area contributed by atoms with Gasteiger partial charge in [0, 0.05) is 6.54 Å². The molecule has 1 N–H and O–H groups in total. The fourth-order valence-electron chi connectivity index (χ4n) is 0.778. The molecule has 0 aliphatic carbocycles. The molecular weight excluding hydrogens is 138 g/mol. The van der Waals surface area contributed by atoms with Gasteiger partial charge in [-0.2, -0.15) is 0 Å². The van der Waals surface area contributed by atoms with Crippen LogP contribution < -0.4 is 0 Å². The molecule has 0 aromatic rings. The maximum absolute atomic E-state index is 9.56. The second-order valence-electron chi connectivity index (χ2n) is 2.92. The summed E-state index contributed by atoms with van der Waals surface area (Å²) in [5.41, 5.74) is -0.0785. The second-order valence-corrected chi connectivity index (χ2v) is 2.92. The van der Waals surface area contributed by atoms with E-state index in [1.54, 1.807) is 13.8 Å². The van der Waals surface area contributed by atoms with E-state index >= 15 is 0 Å². The first-order valence-electron chi connectivity index (χ1n) is 3.92. The number of rotatable bonds is 3. The summed E-state index contributed by atoms with van der Waals surface area (Å²) >= 11 is 0. The lowest BCUT2D eigenvalue weighted by molar-refractivity contribution is 0.154. The summed E-state index contributed by atoms with van der Waals surface area (Å²) in [6.07, 6.45) is 3.72. The predicted molar refractivity (Wildman–Crippen MR) is 49.1 cm³/mol. The van der Waals surface area contributed by atoms with E-state index in [0.29, 0.717) is 6.54 Å². The predicted octanol–water partition coefficient (Wildman–Crippen LogP) is 1.79. The van der Waals surface area contributed by atoms with Crippen LogP contribution in [0.4, 0.5) is 0 Å². The Morgan fingerprint density at radius 3 is 2.36 bits per heavy atom.